The molecular weight excluding hydrogens is 448 g/mol. The standard InChI is InChI=1S/C27H32N2O6/c1-4-16-34-23-15-14-20(25(19(23)3)35-17-10-9-13-24(30)33-5-2)18-22-26(31)28-29(27(22)32)21-11-7-6-8-12-21/h6-8,11-12,14-15,18H,4-5,9-10,13,16-17H2,1-3H3,(H,28,31)/b22-18+. The summed E-state index contributed by atoms with van der Waals surface area (Å²) in [4.78, 5) is 37.2. The van der Waals surface area contributed by atoms with Crippen molar-refractivity contribution in [3.05, 3.63) is 59.2 Å². The third-order valence-corrected chi connectivity index (χ3v) is 5.38. The van der Waals surface area contributed by atoms with Crippen molar-refractivity contribution in [2.45, 2.75) is 46.5 Å². The minimum atomic E-state index is -0.483. The van der Waals surface area contributed by atoms with Crippen LogP contribution in [-0.4, -0.2) is 37.6 Å². The maximum Gasteiger partial charge on any atom is 0.305 e. The molecular formula is C27H32N2O6. The minimum absolute atomic E-state index is 0.0163. The van der Waals surface area contributed by atoms with E-state index in [0.29, 0.717) is 61.8 Å². The Labute approximate surface area is 205 Å². The number of amides is 2. The van der Waals surface area contributed by atoms with E-state index in [4.69, 9.17) is 14.2 Å². The molecule has 186 valence electrons. The number of para-hydroxylation sites is 1. The van der Waals surface area contributed by atoms with Crippen molar-refractivity contribution in [2.24, 2.45) is 0 Å². The highest BCUT2D eigenvalue weighted by Gasteiger charge is 2.34. The number of benzene rings is 2. The Balaban J connectivity index is 1.81. The first-order valence-electron chi connectivity index (χ1n) is 11.9. The van der Waals surface area contributed by atoms with E-state index in [1.54, 1.807) is 43.3 Å². The fraction of sp³-hybridized carbons (Fsp3) is 0.370. The largest absolute Gasteiger partial charge is 0.493 e. The molecule has 0 atom stereocenters. The van der Waals surface area contributed by atoms with E-state index in [9.17, 15) is 14.4 Å². The average Bonchev–Trinajstić information content (AvgIpc) is 3.14. The molecule has 1 fully saturated rings. The fourth-order valence-corrected chi connectivity index (χ4v) is 3.62. The lowest BCUT2D eigenvalue weighted by molar-refractivity contribution is -0.143. The van der Waals surface area contributed by atoms with Gasteiger partial charge in [-0.2, -0.15) is 0 Å². The van der Waals surface area contributed by atoms with Gasteiger partial charge in [-0.15, -0.1) is 0 Å². The number of carbonyl (C=O) groups is 3. The van der Waals surface area contributed by atoms with Gasteiger partial charge in [0.25, 0.3) is 11.8 Å². The molecule has 1 aliphatic heterocycles. The number of unbranched alkanes of at least 4 members (excludes halogenated alkanes) is 1. The van der Waals surface area contributed by atoms with E-state index in [1.165, 1.54) is 5.01 Å². The van der Waals surface area contributed by atoms with Gasteiger partial charge in [0, 0.05) is 17.5 Å². The Bertz CT molecular complexity index is 1080. The van der Waals surface area contributed by atoms with Crippen LogP contribution in [-0.2, 0) is 19.1 Å². The average molecular weight is 481 g/mol. The van der Waals surface area contributed by atoms with Gasteiger partial charge in [0.1, 0.15) is 17.1 Å². The van der Waals surface area contributed by atoms with Crippen LogP contribution in [0.25, 0.3) is 6.08 Å². The molecule has 0 bridgehead atoms. The Morgan fingerprint density at radius 2 is 1.77 bits per heavy atom. The number of nitrogens with one attached hydrogen (secondary N) is 1. The van der Waals surface area contributed by atoms with Crippen LogP contribution in [0.1, 0.15) is 50.7 Å². The smallest absolute Gasteiger partial charge is 0.305 e. The Kier molecular flexibility index (Phi) is 9.29. The van der Waals surface area contributed by atoms with Crippen LogP contribution in [0.5, 0.6) is 11.5 Å². The molecule has 0 unspecified atom stereocenters. The predicted molar refractivity (Wildman–Crippen MR) is 133 cm³/mol. The molecule has 1 N–H and O–H groups in total. The minimum Gasteiger partial charge on any atom is -0.493 e. The van der Waals surface area contributed by atoms with Crippen LogP contribution in [0.15, 0.2) is 48.0 Å². The van der Waals surface area contributed by atoms with Crippen LogP contribution in [0.3, 0.4) is 0 Å². The quantitative estimate of drug-likeness (QED) is 0.210. The number of ether oxygens (including phenoxy) is 3. The lowest BCUT2D eigenvalue weighted by atomic mass is 10.0. The van der Waals surface area contributed by atoms with Crippen LogP contribution in [0.2, 0.25) is 0 Å². The summed E-state index contributed by atoms with van der Waals surface area (Å²) >= 11 is 0. The van der Waals surface area contributed by atoms with E-state index in [1.807, 2.05) is 26.0 Å². The van der Waals surface area contributed by atoms with E-state index in [-0.39, 0.29) is 11.5 Å². The summed E-state index contributed by atoms with van der Waals surface area (Å²) in [5, 5.41) is 1.23. The second-order valence-electron chi connectivity index (χ2n) is 8.04. The highest BCUT2D eigenvalue weighted by atomic mass is 16.5. The summed E-state index contributed by atoms with van der Waals surface area (Å²) in [6.07, 6.45) is 4.02. The van der Waals surface area contributed by atoms with E-state index < -0.39 is 11.8 Å². The van der Waals surface area contributed by atoms with Crippen molar-refractivity contribution in [2.75, 3.05) is 24.8 Å². The van der Waals surface area contributed by atoms with Crippen LogP contribution in [0, 0.1) is 6.92 Å². The highest BCUT2D eigenvalue weighted by molar-refractivity contribution is 6.31. The van der Waals surface area contributed by atoms with Gasteiger partial charge < -0.3 is 14.2 Å². The molecule has 2 aromatic carbocycles. The molecule has 0 radical (unpaired) electrons. The monoisotopic (exact) mass is 480 g/mol. The number of nitrogens with zero attached hydrogens (tertiary/aromatic N) is 1. The van der Waals surface area contributed by atoms with Gasteiger partial charge in [-0.05, 0) is 63.5 Å². The topological polar surface area (TPSA) is 94.2 Å². The van der Waals surface area contributed by atoms with Crippen molar-refractivity contribution in [1.82, 2.24) is 5.43 Å². The number of anilines is 1. The number of carbonyl (C=O) groups excluding carboxylic acids is 3. The third-order valence-electron chi connectivity index (χ3n) is 5.38. The van der Waals surface area contributed by atoms with Gasteiger partial charge in [0.2, 0.25) is 0 Å². The number of hydrogen-bond donors (Lipinski definition) is 1. The zero-order valence-electron chi connectivity index (χ0n) is 20.5. The normalized spacial score (nSPS) is 14.3. The van der Waals surface area contributed by atoms with Crippen molar-refractivity contribution < 1.29 is 28.6 Å². The van der Waals surface area contributed by atoms with Crippen LogP contribution >= 0.6 is 0 Å². The molecule has 1 saturated heterocycles. The predicted octanol–water partition coefficient (Wildman–Crippen LogP) is 4.36. The van der Waals surface area contributed by atoms with E-state index >= 15 is 0 Å². The fourth-order valence-electron chi connectivity index (χ4n) is 3.62. The number of hydrazine groups is 1. The molecule has 1 aliphatic rings. The Morgan fingerprint density at radius 1 is 1.00 bits per heavy atom. The number of rotatable bonds is 12. The van der Waals surface area contributed by atoms with Gasteiger partial charge in [-0.25, -0.2) is 5.01 Å². The second-order valence-corrected chi connectivity index (χ2v) is 8.04. The SMILES string of the molecule is CCCOc1ccc(/C=C2\C(=O)NN(c3ccccc3)C2=O)c(OCCCCC(=O)OCC)c1C. The van der Waals surface area contributed by atoms with Gasteiger partial charge >= 0.3 is 5.97 Å². The first-order valence-corrected chi connectivity index (χ1v) is 11.9. The van der Waals surface area contributed by atoms with Gasteiger partial charge in [-0.3, -0.25) is 19.8 Å². The Morgan fingerprint density at radius 3 is 2.49 bits per heavy atom. The summed E-state index contributed by atoms with van der Waals surface area (Å²) in [6.45, 7) is 6.98. The highest BCUT2D eigenvalue weighted by Crippen LogP contribution is 2.34. The molecule has 0 spiro atoms. The van der Waals surface area contributed by atoms with Gasteiger partial charge in [-0.1, -0.05) is 25.1 Å². The maximum atomic E-state index is 13.0. The van der Waals surface area contributed by atoms with Crippen molar-refractivity contribution in [3.63, 3.8) is 0 Å². The molecule has 35 heavy (non-hydrogen) atoms. The zero-order chi connectivity index (χ0) is 25.2. The van der Waals surface area contributed by atoms with Crippen LogP contribution < -0.4 is 19.9 Å². The second kappa shape index (κ2) is 12.6. The molecule has 0 aliphatic carbocycles. The van der Waals surface area contributed by atoms with E-state index in [0.717, 1.165) is 12.0 Å². The Hall–Kier alpha value is -3.81. The molecule has 2 amide bonds. The number of esters is 1. The molecule has 8 nitrogen and oxygen atoms in total. The molecule has 1 heterocycles. The molecule has 3 rings (SSSR count). The summed E-state index contributed by atoms with van der Waals surface area (Å²) in [5.74, 6) is 0.0798. The summed E-state index contributed by atoms with van der Waals surface area (Å²) in [5.41, 5.74) is 4.59. The first kappa shape index (κ1) is 25.8. The van der Waals surface area contributed by atoms with Gasteiger partial charge in [0.15, 0.2) is 0 Å². The zero-order valence-corrected chi connectivity index (χ0v) is 20.5. The van der Waals surface area contributed by atoms with Crippen molar-refractivity contribution >= 4 is 29.5 Å². The maximum absolute atomic E-state index is 13.0. The molecule has 2 aromatic rings. The summed E-state index contributed by atoms with van der Waals surface area (Å²) in [6, 6.07) is 12.5. The molecule has 8 heteroatoms. The van der Waals surface area contributed by atoms with Crippen molar-refractivity contribution in [3.8, 4) is 11.5 Å². The summed E-state index contributed by atoms with van der Waals surface area (Å²) in [7, 11) is 0. The van der Waals surface area contributed by atoms with Crippen molar-refractivity contribution in [1.29, 1.82) is 0 Å². The molecule has 0 saturated carbocycles. The first-order chi connectivity index (χ1) is 17.0. The lowest BCUT2D eigenvalue weighted by Gasteiger charge is -2.16. The van der Waals surface area contributed by atoms with Gasteiger partial charge in [0.05, 0.1) is 25.5 Å². The summed E-state index contributed by atoms with van der Waals surface area (Å²) < 4.78 is 16.9. The lowest BCUT2D eigenvalue weighted by Crippen LogP contribution is -2.35. The van der Waals surface area contributed by atoms with E-state index in [2.05, 4.69) is 5.43 Å². The molecule has 0 aromatic heterocycles. The number of hydrogen-bond acceptors (Lipinski definition) is 6. The third kappa shape index (κ3) is 6.62. The van der Waals surface area contributed by atoms with Crippen LogP contribution in [0.4, 0.5) is 5.69 Å².